The Morgan fingerprint density at radius 1 is 1.03 bits per heavy atom. The first-order valence-corrected chi connectivity index (χ1v) is 11.6. The lowest BCUT2D eigenvalue weighted by molar-refractivity contribution is 0.0939. The van der Waals surface area contributed by atoms with Crippen molar-refractivity contribution in [1.29, 1.82) is 0 Å². The number of carbonyl (C=O) groups excluding carboxylic acids is 1. The van der Waals surface area contributed by atoms with Gasteiger partial charge in [0, 0.05) is 37.1 Å². The van der Waals surface area contributed by atoms with Crippen LogP contribution in [0.15, 0.2) is 72.0 Å². The molecular formula is C26H34N6O. The van der Waals surface area contributed by atoms with Crippen LogP contribution in [0.5, 0.6) is 0 Å². The van der Waals surface area contributed by atoms with Crippen LogP contribution in [-0.2, 0) is 13.0 Å². The van der Waals surface area contributed by atoms with E-state index in [0.717, 1.165) is 43.1 Å². The fourth-order valence-electron chi connectivity index (χ4n) is 3.24. The number of carbonyl (C=O) groups is 1. The van der Waals surface area contributed by atoms with Crippen LogP contribution in [0.3, 0.4) is 0 Å². The smallest absolute Gasteiger partial charge is 0.251 e. The molecule has 0 aliphatic heterocycles. The van der Waals surface area contributed by atoms with E-state index in [1.807, 2.05) is 48.1 Å². The Morgan fingerprint density at radius 3 is 2.39 bits per heavy atom. The fourth-order valence-corrected chi connectivity index (χ4v) is 3.24. The summed E-state index contributed by atoms with van der Waals surface area (Å²) in [6.45, 7) is 8.23. The number of benzene rings is 2. The maximum atomic E-state index is 12.2. The maximum Gasteiger partial charge on any atom is 0.251 e. The van der Waals surface area contributed by atoms with E-state index in [1.54, 1.807) is 6.20 Å². The molecule has 1 atom stereocenters. The van der Waals surface area contributed by atoms with Crippen molar-refractivity contribution in [3.63, 3.8) is 0 Å². The molecule has 0 fully saturated rings. The van der Waals surface area contributed by atoms with Crippen molar-refractivity contribution in [2.75, 3.05) is 13.1 Å². The molecule has 0 aliphatic rings. The second kappa shape index (κ2) is 12.4. The van der Waals surface area contributed by atoms with Crippen LogP contribution in [-0.4, -0.2) is 40.8 Å². The predicted molar refractivity (Wildman–Crippen MR) is 134 cm³/mol. The Bertz CT molecular complexity index is 1010. The van der Waals surface area contributed by atoms with E-state index < -0.39 is 0 Å². The predicted octanol–water partition coefficient (Wildman–Crippen LogP) is 3.70. The zero-order valence-electron chi connectivity index (χ0n) is 19.7. The summed E-state index contributed by atoms with van der Waals surface area (Å²) in [6, 6.07) is 18.1. The van der Waals surface area contributed by atoms with Crippen LogP contribution in [0, 0.1) is 0 Å². The minimum atomic E-state index is -0.0351. The zero-order chi connectivity index (χ0) is 23.5. The van der Waals surface area contributed by atoms with Crippen LogP contribution in [0.25, 0.3) is 5.69 Å². The molecule has 0 radical (unpaired) electrons. The highest BCUT2D eigenvalue weighted by Crippen LogP contribution is 2.09. The largest absolute Gasteiger partial charge is 0.357 e. The highest BCUT2D eigenvalue weighted by atomic mass is 16.1. The summed E-state index contributed by atoms with van der Waals surface area (Å²) in [5, 5.41) is 13.9. The molecule has 1 amide bonds. The van der Waals surface area contributed by atoms with E-state index in [4.69, 9.17) is 0 Å². The molecule has 33 heavy (non-hydrogen) atoms. The lowest BCUT2D eigenvalue weighted by Crippen LogP contribution is -2.38. The molecule has 3 N–H and O–H groups in total. The molecule has 0 saturated heterocycles. The van der Waals surface area contributed by atoms with Gasteiger partial charge in [-0.15, -0.1) is 0 Å². The quantitative estimate of drug-likeness (QED) is 0.328. The molecule has 1 unspecified atom stereocenters. The summed E-state index contributed by atoms with van der Waals surface area (Å²) in [5.74, 6) is 0.747. The van der Waals surface area contributed by atoms with Gasteiger partial charge in [-0.3, -0.25) is 4.79 Å². The van der Waals surface area contributed by atoms with Crippen molar-refractivity contribution < 1.29 is 4.79 Å². The van der Waals surface area contributed by atoms with Gasteiger partial charge in [0.05, 0.1) is 12.2 Å². The number of amides is 1. The Balaban J connectivity index is 1.50. The number of hydrogen-bond donors (Lipinski definition) is 3. The summed E-state index contributed by atoms with van der Waals surface area (Å²) in [7, 11) is 0. The Labute approximate surface area is 196 Å². The van der Waals surface area contributed by atoms with Gasteiger partial charge in [0.1, 0.15) is 0 Å². The van der Waals surface area contributed by atoms with Gasteiger partial charge in [-0.2, -0.15) is 5.10 Å². The molecule has 0 aliphatic carbocycles. The fraction of sp³-hybridized carbons (Fsp3) is 0.346. The van der Waals surface area contributed by atoms with E-state index in [-0.39, 0.29) is 11.9 Å². The number of nitrogens with zero attached hydrogens (tertiary/aromatic N) is 3. The zero-order valence-corrected chi connectivity index (χ0v) is 19.7. The average molecular weight is 447 g/mol. The van der Waals surface area contributed by atoms with Gasteiger partial charge in [0.2, 0.25) is 0 Å². The molecule has 1 heterocycles. The molecule has 3 aromatic rings. The second-order valence-electron chi connectivity index (χ2n) is 7.97. The van der Waals surface area contributed by atoms with Crippen LogP contribution in [0.4, 0.5) is 0 Å². The average Bonchev–Trinajstić information content (AvgIpc) is 3.38. The minimum absolute atomic E-state index is 0.0351. The molecular weight excluding hydrogens is 412 g/mol. The van der Waals surface area contributed by atoms with Gasteiger partial charge in [0.25, 0.3) is 5.91 Å². The third-order valence-corrected chi connectivity index (χ3v) is 5.38. The molecule has 0 bridgehead atoms. The monoisotopic (exact) mass is 446 g/mol. The standard InChI is InChI=1S/C26H34N6O/c1-4-20(3)31-25(33)23-11-7-22(8-12-23)19-29-26(27-5-2)28-17-15-21-9-13-24(14-10-21)32-18-6-16-30-32/h6-14,16,18,20H,4-5,15,17,19H2,1-3H3,(H,31,33)(H2,27,28,29). The molecule has 2 aromatic carbocycles. The topological polar surface area (TPSA) is 83.3 Å². The van der Waals surface area contributed by atoms with Crippen molar-refractivity contribution >= 4 is 11.9 Å². The van der Waals surface area contributed by atoms with Crippen molar-refractivity contribution in [2.45, 2.75) is 46.2 Å². The summed E-state index contributed by atoms with van der Waals surface area (Å²) in [6.07, 6.45) is 5.52. The van der Waals surface area contributed by atoms with Crippen LogP contribution < -0.4 is 16.0 Å². The number of rotatable bonds is 10. The third-order valence-electron chi connectivity index (χ3n) is 5.38. The molecule has 7 heteroatoms. The van der Waals surface area contributed by atoms with E-state index >= 15 is 0 Å². The summed E-state index contributed by atoms with van der Waals surface area (Å²) >= 11 is 0. The van der Waals surface area contributed by atoms with Crippen LogP contribution in [0.2, 0.25) is 0 Å². The lowest BCUT2D eigenvalue weighted by atomic mass is 10.1. The maximum absolute atomic E-state index is 12.2. The molecule has 0 saturated carbocycles. The normalized spacial score (nSPS) is 12.3. The molecule has 0 spiro atoms. The van der Waals surface area contributed by atoms with Crippen molar-refractivity contribution in [3.8, 4) is 5.69 Å². The highest BCUT2D eigenvalue weighted by molar-refractivity contribution is 5.94. The SMILES string of the molecule is CCNC(=NCc1ccc(C(=O)NC(C)CC)cc1)NCCc1ccc(-n2cccn2)cc1. The number of nitrogens with one attached hydrogen (secondary N) is 3. The van der Waals surface area contributed by atoms with Crippen molar-refractivity contribution in [2.24, 2.45) is 4.99 Å². The first kappa shape index (κ1) is 24.0. The second-order valence-corrected chi connectivity index (χ2v) is 7.97. The third kappa shape index (κ3) is 7.49. The van der Waals surface area contributed by atoms with E-state index in [2.05, 4.69) is 64.2 Å². The summed E-state index contributed by atoms with van der Waals surface area (Å²) in [4.78, 5) is 16.9. The van der Waals surface area contributed by atoms with Gasteiger partial charge >= 0.3 is 0 Å². The Kier molecular flexibility index (Phi) is 9.06. The number of hydrogen-bond acceptors (Lipinski definition) is 3. The number of aromatic nitrogens is 2. The molecule has 3 rings (SSSR count). The van der Waals surface area contributed by atoms with Gasteiger partial charge < -0.3 is 16.0 Å². The Hall–Kier alpha value is -3.61. The lowest BCUT2D eigenvalue weighted by Gasteiger charge is -2.12. The molecule has 7 nitrogen and oxygen atoms in total. The van der Waals surface area contributed by atoms with Crippen LogP contribution in [0.1, 0.15) is 48.7 Å². The van der Waals surface area contributed by atoms with Gasteiger partial charge in [-0.1, -0.05) is 31.2 Å². The highest BCUT2D eigenvalue weighted by Gasteiger charge is 2.08. The van der Waals surface area contributed by atoms with E-state index in [9.17, 15) is 4.79 Å². The van der Waals surface area contributed by atoms with Gasteiger partial charge in [-0.05, 0) is 68.1 Å². The summed E-state index contributed by atoms with van der Waals surface area (Å²) in [5.41, 5.74) is 4.03. The number of guanidine groups is 1. The van der Waals surface area contributed by atoms with Crippen molar-refractivity contribution in [1.82, 2.24) is 25.7 Å². The van der Waals surface area contributed by atoms with Crippen molar-refractivity contribution in [3.05, 3.63) is 83.7 Å². The van der Waals surface area contributed by atoms with E-state index in [0.29, 0.717) is 12.1 Å². The van der Waals surface area contributed by atoms with Gasteiger partial charge in [-0.25, -0.2) is 9.67 Å². The minimum Gasteiger partial charge on any atom is -0.357 e. The number of aliphatic imine (C=N–C) groups is 1. The summed E-state index contributed by atoms with van der Waals surface area (Å²) < 4.78 is 1.85. The first-order valence-electron chi connectivity index (χ1n) is 11.6. The van der Waals surface area contributed by atoms with Crippen LogP contribution >= 0.6 is 0 Å². The Morgan fingerprint density at radius 2 is 1.76 bits per heavy atom. The van der Waals surface area contributed by atoms with Gasteiger partial charge in [0.15, 0.2) is 5.96 Å². The molecule has 1 aromatic heterocycles. The first-order chi connectivity index (χ1) is 16.1. The van der Waals surface area contributed by atoms with E-state index in [1.165, 1.54) is 5.56 Å². The molecule has 174 valence electrons.